The van der Waals surface area contributed by atoms with E-state index in [4.69, 9.17) is 0 Å². The summed E-state index contributed by atoms with van der Waals surface area (Å²) < 4.78 is 13.5. The van der Waals surface area contributed by atoms with E-state index >= 15 is 0 Å². The van der Waals surface area contributed by atoms with Gasteiger partial charge in [-0.25, -0.2) is 14.6 Å². The van der Waals surface area contributed by atoms with Gasteiger partial charge in [-0.15, -0.1) is 0 Å². The van der Waals surface area contributed by atoms with Gasteiger partial charge in [0.15, 0.2) is 0 Å². The van der Waals surface area contributed by atoms with E-state index in [-0.39, 0.29) is 6.04 Å². The minimum atomic E-state index is -2.05. The summed E-state index contributed by atoms with van der Waals surface area (Å²) in [6.07, 6.45) is 5.89. The lowest BCUT2D eigenvalue weighted by atomic mass is 10.2. The molecule has 0 fully saturated rings. The first-order valence-corrected chi connectivity index (χ1v) is 8.08. The second kappa shape index (κ2) is 4.79. The molecule has 1 atom stereocenters. The molecule has 1 unspecified atom stereocenters. The number of nitrogens with zero attached hydrogens (tertiary/aromatic N) is 5. The summed E-state index contributed by atoms with van der Waals surface area (Å²) in [7, 11) is -2.05. The van der Waals surface area contributed by atoms with Gasteiger partial charge in [0.1, 0.15) is 30.8 Å². The fourth-order valence-electron chi connectivity index (χ4n) is 1.58. The van der Waals surface area contributed by atoms with Crippen molar-refractivity contribution in [3.05, 3.63) is 24.8 Å². The summed E-state index contributed by atoms with van der Waals surface area (Å²) in [6.45, 7) is 3.57. The zero-order valence-electron chi connectivity index (χ0n) is 9.82. The van der Waals surface area contributed by atoms with Crippen LogP contribution in [-0.2, 0) is 4.57 Å². The lowest BCUT2D eigenvalue weighted by Crippen LogP contribution is -2.14. The third-order valence-electron chi connectivity index (χ3n) is 2.45. The lowest BCUT2D eigenvalue weighted by molar-refractivity contribution is 0.482. The van der Waals surface area contributed by atoms with Crippen LogP contribution in [0, 0.1) is 0 Å². The van der Waals surface area contributed by atoms with Crippen LogP contribution in [0.5, 0.6) is 0 Å². The van der Waals surface area contributed by atoms with Crippen molar-refractivity contribution in [2.45, 2.75) is 12.5 Å². The van der Waals surface area contributed by atoms with Crippen LogP contribution in [0.3, 0.4) is 0 Å². The molecular formula is C9H15N6OP. The maximum absolute atomic E-state index is 11.8. The SMILES string of the molecule is CP(C)(=O)CCC(c1ncn[nH]1)n1cncn1. The third-order valence-corrected chi connectivity index (χ3v) is 3.78. The van der Waals surface area contributed by atoms with Crippen LogP contribution in [-0.4, -0.2) is 49.4 Å². The average Bonchev–Trinajstić information content (AvgIpc) is 2.86. The smallest absolute Gasteiger partial charge is 0.149 e. The van der Waals surface area contributed by atoms with Crippen molar-refractivity contribution in [3.8, 4) is 0 Å². The maximum atomic E-state index is 11.8. The first-order valence-electron chi connectivity index (χ1n) is 5.29. The molecule has 0 bridgehead atoms. The molecular weight excluding hydrogens is 239 g/mol. The molecule has 17 heavy (non-hydrogen) atoms. The summed E-state index contributed by atoms with van der Waals surface area (Å²) in [5.41, 5.74) is 0. The molecule has 2 aromatic rings. The van der Waals surface area contributed by atoms with E-state index in [0.717, 1.165) is 0 Å². The van der Waals surface area contributed by atoms with Crippen molar-refractivity contribution in [1.82, 2.24) is 29.9 Å². The summed E-state index contributed by atoms with van der Waals surface area (Å²) in [5, 5.41) is 10.8. The Bertz CT molecular complexity index is 453. The van der Waals surface area contributed by atoms with Crippen LogP contribution in [0.15, 0.2) is 19.0 Å². The zero-order valence-corrected chi connectivity index (χ0v) is 10.7. The highest BCUT2D eigenvalue weighted by Gasteiger charge is 2.20. The molecule has 0 aliphatic carbocycles. The minimum absolute atomic E-state index is 0.0896. The molecule has 0 saturated carbocycles. The molecule has 92 valence electrons. The average molecular weight is 254 g/mol. The number of nitrogens with one attached hydrogen (secondary N) is 1. The van der Waals surface area contributed by atoms with Crippen molar-refractivity contribution in [1.29, 1.82) is 0 Å². The second-order valence-electron chi connectivity index (χ2n) is 4.35. The number of hydrogen-bond donors (Lipinski definition) is 1. The van der Waals surface area contributed by atoms with Gasteiger partial charge in [0, 0.05) is 6.16 Å². The van der Waals surface area contributed by atoms with Crippen LogP contribution >= 0.6 is 7.14 Å². The summed E-state index contributed by atoms with van der Waals surface area (Å²) >= 11 is 0. The standard InChI is InChI=1S/C9H15N6OP/c1-17(2,16)4-3-8(9-11-6-12-14-9)15-7-10-5-13-15/h5-8H,3-4H2,1-2H3,(H,11,12,14). The van der Waals surface area contributed by atoms with E-state index in [9.17, 15) is 4.57 Å². The summed E-state index contributed by atoms with van der Waals surface area (Å²) in [5.74, 6) is 0.712. The molecule has 2 aromatic heterocycles. The predicted octanol–water partition coefficient (Wildman–Crippen LogP) is 0.998. The normalized spacial score (nSPS) is 13.8. The molecule has 0 spiro atoms. The quantitative estimate of drug-likeness (QED) is 0.804. The van der Waals surface area contributed by atoms with E-state index in [1.807, 2.05) is 0 Å². The molecule has 0 aromatic carbocycles. The fraction of sp³-hybridized carbons (Fsp3) is 0.556. The van der Waals surface area contributed by atoms with Crippen molar-refractivity contribution >= 4 is 7.14 Å². The van der Waals surface area contributed by atoms with Crippen LogP contribution in [0.25, 0.3) is 0 Å². The van der Waals surface area contributed by atoms with Gasteiger partial charge in [0.05, 0.1) is 7.14 Å². The number of aromatic nitrogens is 6. The second-order valence-corrected chi connectivity index (χ2v) is 7.94. The third kappa shape index (κ3) is 3.23. The van der Waals surface area contributed by atoms with Gasteiger partial charge in [0.25, 0.3) is 0 Å². The van der Waals surface area contributed by atoms with Gasteiger partial charge in [-0.05, 0) is 19.8 Å². The molecule has 2 rings (SSSR count). The molecule has 7 nitrogen and oxygen atoms in total. The monoisotopic (exact) mass is 254 g/mol. The molecule has 0 aliphatic heterocycles. The van der Waals surface area contributed by atoms with Crippen LogP contribution in [0.2, 0.25) is 0 Å². The number of hydrogen-bond acceptors (Lipinski definition) is 5. The van der Waals surface area contributed by atoms with Crippen molar-refractivity contribution in [2.75, 3.05) is 19.5 Å². The van der Waals surface area contributed by atoms with Gasteiger partial charge < -0.3 is 4.57 Å². The van der Waals surface area contributed by atoms with Gasteiger partial charge in [0.2, 0.25) is 0 Å². The highest BCUT2D eigenvalue weighted by molar-refractivity contribution is 7.62. The topological polar surface area (TPSA) is 89.4 Å². The Hall–Kier alpha value is -1.49. The number of aromatic amines is 1. The first-order chi connectivity index (χ1) is 8.06. The van der Waals surface area contributed by atoms with Crippen LogP contribution < -0.4 is 0 Å². The molecule has 2 heterocycles. The van der Waals surface area contributed by atoms with E-state index in [1.54, 1.807) is 24.3 Å². The Labute approximate surface area is 99.0 Å². The number of rotatable bonds is 5. The fourth-order valence-corrected chi connectivity index (χ4v) is 2.45. The highest BCUT2D eigenvalue weighted by atomic mass is 31.2. The van der Waals surface area contributed by atoms with E-state index < -0.39 is 7.14 Å². The Balaban J connectivity index is 2.17. The van der Waals surface area contributed by atoms with E-state index in [0.29, 0.717) is 18.4 Å². The Morgan fingerprint density at radius 2 is 2.29 bits per heavy atom. The largest absolute Gasteiger partial charge is 0.324 e. The van der Waals surface area contributed by atoms with E-state index in [2.05, 4.69) is 25.3 Å². The van der Waals surface area contributed by atoms with Crippen molar-refractivity contribution < 1.29 is 4.57 Å². The zero-order chi connectivity index (χ0) is 12.3. The van der Waals surface area contributed by atoms with Crippen molar-refractivity contribution in [2.24, 2.45) is 0 Å². The van der Waals surface area contributed by atoms with Gasteiger partial charge >= 0.3 is 0 Å². The Morgan fingerprint density at radius 3 is 2.82 bits per heavy atom. The first kappa shape index (κ1) is 12.0. The lowest BCUT2D eigenvalue weighted by Gasteiger charge is -2.15. The summed E-state index contributed by atoms with van der Waals surface area (Å²) in [6, 6.07) is -0.0896. The highest BCUT2D eigenvalue weighted by Crippen LogP contribution is 2.38. The van der Waals surface area contributed by atoms with Gasteiger partial charge in [-0.2, -0.15) is 10.2 Å². The molecule has 1 N–H and O–H groups in total. The van der Waals surface area contributed by atoms with Crippen LogP contribution in [0.1, 0.15) is 18.3 Å². The molecule has 0 aliphatic rings. The van der Waals surface area contributed by atoms with E-state index in [1.165, 1.54) is 12.7 Å². The molecule has 0 amide bonds. The maximum Gasteiger partial charge on any atom is 0.149 e. The Kier molecular flexibility index (Phi) is 3.38. The van der Waals surface area contributed by atoms with Gasteiger partial charge in [-0.1, -0.05) is 0 Å². The predicted molar refractivity (Wildman–Crippen MR) is 63.5 cm³/mol. The Morgan fingerprint density at radius 1 is 1.47 bits per heavy atom. The minimum Gasteiger partial charge on any atom is -0.324 e. The summed E-state index contributed by atoms with van der Waals surface area (Å²) in [4.78, 5) is 8.05. The molecule has 0 radical (unpaired) electrons. The molecule has 8 heteroatoms. The van der Waals surface area contributed by atoms with Gasteiger partial charge in [-0.3, -0.25) is 5.10 Å². The number of H-pyrrole nitrogens is 1. The van der Waals surface area contributed by atoms with Crippen molar-refractivity contribution in [3.63, 3.8) is 0 Å². The molecule has 0 saturated heterocycles. The van der Waals surface area contributed by atoms with Crippen LogP contribution in [0.4, 0.5) is 0 Å².